The lowest BCUT2D eigenvalue weighted by atomic mass is 10.2. The molecule has 100 valence electrons. The van der Waals surface area contributed by atoms with Crippen LogP contribution in [0.3, 0.4) is 0 Å². The van der Waals surface area contributed by atoms with Gasteiger partial charge in [0.2, 0.25) is 0 Å². The maximum absolute atomic E-state index is 11.3. The van der Waals surface area contributed by atoms with Crippen LogP contribution < -0.4 is 5.32 Å². The van der Waals surface area contributed by atoms with Gasteiger partial charge in [-0.2, -0.15) is 0 Å². The number of nitrogens with one attached hydrogen (secondary N) is 1. The summed E-state index contributed by atoms with van der Waals surface area (Å²) in [5.74, 6) is 0. The van der Waals surface area contributed by atoms with E-state index in [2.05, 4.69) is 5.32 Å². The Morgan fingerprint density at radius 2 is 1.95 bits per heavy atom. The highest BCUT2D eigenvalue weighted by molar-refractivity contribution is 7.23. The second kappa shape index (κ2) is 4.94. The van der Waals surface area contributed by atoms with Gasteiger partial charge in [0, 0.05) is 10.4 Å². The van der Waals surface area contributed by atoms with E-state index < -0.39 is 0 Å². The van der Waals surface area contributed by atoms with Crippen molar-refractivity contribution in [2.45, 2.75) is 6.92 Å². The number of benzene rings is 2. The van der Waals surface area contributed by atoms with Crippen molar-refractivity contribution in [1.82, 2.24) is 0 Å². The highest BCUT2D eigenvalue weighted by Crippen LogP contribution is 2.42. The van der Waals surface area contributed by atoms with Gasteiger partial charge in [-0.05, 0) is 36.8 Å². The minimum Gasteiger partial charge on any atom is -0.341 e. The average Bonchev–Trinajstić information content (AvgIpc) is 2.76. The topological polar surface area (TPSA) is 55.2 Å². The van der Waals surface area contributed by atoms with E-state index >= 15 is 0 Å². The highest BCUT2D eigenvalue weighted by atomic mass is 32.1. The molecule has 1 aromatic heterocycles. The Morgan fingerprint density at radius 1 is 1.15 bits per heavy atom. The van der Waals surface area contributed by atoms with Crippen LogP contribution >= 0.6 is 11.3 Å². The molecule has 5 heteroatoms. The lowest BCUT2D eigenvalue weighted by Gasteiger charge is -2.04. The predicted octanol–water partition coefficient (Wildman–Crippen LogP) is 4.86. The Hall–Kier alpha value is -2.40. The van der Waals surface area contributed by atoms with E-state index in [0.717, 1.165) is 16.0 Å². The third-order valence-electron chi connectivity index (χ3n) is 3.03. The zero-order chi connectivity index (χ0) is 14.1. The van der Waals surface area contributed by atoms with Gasteiger partial charge in [0.25, 0.3) is 0 Å². The minimum absolute atomic E-state index is 0.145. The van der Waals surface area contributed by atoms with E-state index in [1.807, 2.05) is 49.4 Å². The van der Waals surface area contributed by atoms with Gasteiger partial charge >= 0.3 is 5.69 Å². The highest BCUT2D eigenvalue weighted by Gasteiger charge is 2.22. The third-order valence-corrected chi connectivity index (χ3v) is 4.10. The molecule has 0 unspecified atom stereocenters. The summed E-state index contributed by atoms with van der Waals surface area (Å²) in [5.41, 5.74) is 2.12. The molecule has 0 aliphatic carbocycles. The summed E-state index contributed by atoms with van der Waals surface area (Å²) < 4.78 is 0.911. The molecule has 4 nitrogen and oxygen atoms in total. The van der Waals surface area contributed by atoms with Crippen LogP contribution in [-0.2, 0) is 0 Å². The molecule has 0 bridgehead atoms. The van der Waals surface area contributed by atoms with Gasteiger partial charge in [0.05, 0.1) is 10.3 Å². The standard InChI is InChI=1S/C15H12N2O2S/c1-10-5-4-6-11(9-10)16-15-14(17(18)19)12-7-2-3-8-13(12)20-15/h2-9,16H,1H3. The number of anilines is 2. The van der Waals surface area contributed by atoms with Gasteiger partial charge in [-0.15, -0.1) is 11.3 Å². The molecule has 2 aromatic carbocycles. The number of hydrogen-bond acceptors (Lipinski definition) is 4. The number of nitrogens with zero attached hydrogens (tertiary/aromatic N) is 1. The first-order valence-electron chi connectivity index (χ1n) is 6.15. The van der Waals surface area contributed by atoms with Crippen molar-refractivity contribution < 1.29 is 4.92 Å². The van der Waals surface area contributed by atoms with Gasteiger partial charge in [0.15, 0.2) is 5.00 Å². The summed E-state index contributed by atoms with van der Waals surface area (Å²) >= 11 is 1.40. The van der Waals surface area contributed by atoms with Gasteiger partial charge in [0.1, 0.15) is 0 Å². The molecule has 0 saturated heterocycles. The zero-order valence-electron chi connectivity index (χ0n) is 10.8. The number of hydrogen-bond donors (Lipinski definition) is 1. The van der Waals surface area contributed by atoms with Gasteiger partial charge in [-0.1, -0.05) is 24.3 Å². The summed E-state index contributed by atoms with van der Waals surface area (Å²) in [4.78, 5) is 11.0. The van der Waals surface area contributed by atoms with Crippen LogP contribution in [0.25, 0.3) is 10.1 Å². The minimum atomic E-state index is -0.322. The van der Waals surface area contributed by atoms with E-state index in [-0.39, 0.29) is 10.6 Å². The molecule has 0 aliphatic heterocycles. The van der Waals surface area contributed by atoms with Crippen molar-refractivity contribution in [3.05, 3.63) is 64.2 Å². The quantitative estimate of drug-likeness (QED) is 0.552. The Bertz CT molecular complexity index is 795. The second-order valence-electron chi connectivity index (χ2n) is 4.53. The van der Waals surface area contributed by atoms with Crippen molar-refractivity contribution in [3.8, 4) is 0 Å². The number of thiophene rings is 1. The van der Waals surface area contributed by atoms with Crippen molar-refractivity contribution in [1.29, 1.82) is 0 Å². The Kier molecular flexibility index (Phi) is 3.12. The van der Waals surface area contributed by atoms with Crippen LogP contribution in [0.4, 0.5) is 16.4 Å². The number of nitro groups is 1. The first kappa shape index (κ1) is 12.6. The lowest BCUT2D eigenvalue weighted by molar-refractivity contribution is -0.381. The molecule has 0 radical (unpaired) electrons. The molecule has 1 N–H and O–H groups in total. The summed E-state index contributed by atoms with van der Waals surface area (Å²) in [6.07, 6.45) is 0. The molecule has 0 fully saturated rings. The zero-order valence-corrected chi connectivity index (χ0v) is 11.6. The van der Waals surface area contributed by atoms with Crippen LogP contribution in [0.15, 0.2) is 48.5 Å². The largest absolute Gasteiger partial charge is 0.341 e. The summed E-state index contributed by atoms with van der Waals surface area (Å²) in [5, 5.41) is 15.7. The van der Waals surface area contributed by atoms with Crippen LogP contribution in [0.1, 0.15) is 5.56 Å². The summed E-state index contributed by atoms with van der Waals surface area (Å²) in [7, 11) is 0. The van der Waals surface area contributed by atoms with Crippen molar-refractivity contribution in [2.75, 3.05) is 5.32 Å². The fourth-order valence-corrected chi connectivity index (χ4v) is 3.24. The molecule has 0 saturated carbocycles. The summed E-state index contributed by atoms with van der Waals surface area (Å²) in [6.45, 7) is 1.99. The monoisotopic (exact) mass is 284 g/mol. The van der Waals surface area contributed by atoms with Crippen molar-refractivity contribution in [2.24, 2.45) is 0 Å². The van der Waals surface area contributed by atoms with Gasteiger partial charge < -0.3 is 5.32 Å². The summed E-state index contributed by atoms with van der Waals surface area (Å²) in [6, 6.07) is 15.2. The fourth-order valence-electron chi connectivity index (χ4n) is 2.15. The number of rotatable bonds is 3. The molecule has 1 heterocycles. The maximum Gasteiger partial charge on any atom is 0.311 e. The van der Waals surface area contributed by atoms with E-state index in [9.17, 15) is 10.1 Å². The van der Waals surface area contributed by atoms with Crippen molar-refractivity contribution in [3.63, 3.8) is 0 Å². The first-order chi connectivity index (χ1) is 9.65. The van der Waals surface area contributed by atoms with E-state index in [4.69, 9.17) is 0 Å². The van der Waals surface area contributed by atoms with Crippen LogP contribution in [0, 0.1) is 17.0 Å². The SMILES string of the molecule is Cc1cccc(Nc2sc3ccccc3c2[N+](=O)[O-])c1. The molecule has 3 rings (SSSR count). The predicted molar refractivity (Wildman–Crippen MR) is 82.9 cm³/mol. The molecular formula is C15H12N2O2S. The van der Waals surface area contributed by atoms with Crippen LogP contribution in [-0.4, -0.2) is 4.92 Å². The fraction of sp³-hybridized carbons (Fsp3) is 0.0667. The maximum atomic E-state index is 11.3. The molecule has 0 amide bonds. The molecule has 20 heavy (non-hydrogen) atoms. The molecule has 0 spiro atoms. The molecular weight excluding hydrogens is 272 g/mol. The normalized spacial score (nSPS) is 10.7. The number of fused-ring (bicyclic) bond motifs is 1. The third kappa shape index (κ3) is 2.23. The van der Waals surface area contributed by atoms with Gasteiger partial charge in [-0.25, -0.2) is 0 Å². The van der Waals surface area contributed by atoms with Crippen LogP contribution in [0.5, 0.6) is 0 Å². The van der Waals surface area contributed by atoms with Gasteiger partial charge in [-0.3, -0.25) is 10.1 Å². The second-order valence-corrected chi connectivity index (χ2v) is 5.58. The Labute approximate surface area is 119 Å². The van der Waals surface area contributed by atoms with E-state index in [1.54, 1.807) is 6.07 Å². The average molecular weight is 284 g/mol. The first-order valence-corrected chi connectivity index (χ1v) is 6.96. The molecule has 0 atom stereocenters. The Morgan fingerprint density at radius 3 is 2.70 bits per heavy atom. The molecule has 3 aromatic rings. The van der Waals surface area contributed by atoms with Crippen LogP contribution in [0.2, 0.25) is 0 Å². The van der Waals surface area contributed by atoms with Crippen molar-refractivity contribution >= 4 is 37.8 Å². The number of aryl methyl sites for hydroxylation is 1. The van der Waals surface area contributed by atoms with E-state index in [1.165, 1.54) is 11.3 Å². The Balaban J connectivity index is 2.11. The smallest absolute Gasteiger partial charge is 0.311 e. The lowest BCUT2D eigenvalue weighted by Crippen LogP contribution is -1.93. The van der Waals surface area contributed by atoms with E-state index in [0.29, 0.717) is 10.4 Å². The molecule has 0 aliphatic rings.